The van der Waals surface area contributed by atoms with Gasteiger partial charge in [-0.2, -0.15) is 0 Å². The lowest BCUT2D eigenvalue weighted by Crippen LogP contribution is -2.20. The Hall–Kier alpha value is -0.890. The van der Waals surface area contributed by atoms with Gasteiger partial charge < -0.3 is 19.3 Å². The lowest BCUT2D eigenvalue weighted by Gasteiger charge is -2.22. The van der Waals surface area contributed by atoms with Crippen LogP contribution in [0.2, 0.25) is 0 Å². The van der Waals surface area contributed by atoms with Gasteiger partial charge in [-0.25, -0.2) is 4.79 Å². The van der Waals surface area contributed by atoms with Gasteiger partial charge in [-0.3, -0.25) is 0 Å². The molecule has 7 heteroatoms. The predicted molar refractivity (Wildman–Crippen MR) is 99.7 cm³/mol. The molecule has 1 aromatic rings. The molecule has 0 bridgehead atoms. The first-order chi connectivity index (χ1) is 11.4. The maximum absolute atomic E-state index is 11.8. The zero-order chi connectivity index (χ0) is 18.0. The van der Waals surface area contributed by atoms with Crippen molar-refractivity contribution in [3.8, 4) is 5.75 Å². The molecule has 1 N–H and O–H groups in total. The van der Waals surface area contributed by atoms with E-state index in [1.807, 2.05) is 0 Å². The average molecular weight is 375 g/mol. The second-order valence-corrected chi connectivity index (χ2v) is 9.06. The summed E-state index contributed by atoms with van der Waals surface area (Å²) in [5.41, 5.74) is 0.242. The van der Waals surface area contributed by atoms with E-state index in [1.54, 1.807) is 52.8 Å². The number of benzene rings is 1. The van der Waals surface area contributed by atoms with Crippen molar-refractivity contribution in [1.29, 1.82) is 0 Å². The normalized spacial score (nSPS) is 12.7. The van der Waals surface area contributed by atoms with Crippen LogP contribution in [0.3, 0.4) is 0 Å². The SMILES string of the molecule is CCOC(=O)c1cccc(OCC(OCCO)SSC(C)(C)C)c1. The number of esters is 1. The summed E-state index contributed by atoms with van der Waals surface area (Å²) in [6, 6.07) is 6.88. The van der Waals surface area contributed by atoms with Gasteiger partial charge in [0.05, 0.1) is 25.4 Å². The summed E-state index contributed by atoms with van der Waals surface area (Å²) in [7, 11) is 3.27. The molecule has 24 heavy (non-hydrogen) atoms. The van der Waals surface area contributed by atoms with E-state index in [2.05, 4.69) is 20.8 Å². The van der Waals surface area contributed by atoms with Crippen molar-refractivity contribution >= 4 is 27.6 Å². The van der Waals surface area contributed by atoms with E-state index in [9.17, 15) is 4.79 Å². The molecule has 0 radical (unpaired) electrons. The Labute approximate surface area is 151 Å². The summed E-state index contributed by atoms with van der Waals surface area (Å²) in [4.78, 5) is 11.8. The van der Waals surface area contributed by atoms with Gasteiger partial charge >= 0.3 is 5.97 Å². The van der Waals surface area contributed by atoms with Crippen LogP contribution in [-0.2, 0) is 9.47 Å². The topological polar surface area (TPSA) is 65.0 Å². The van der Waals surface area contributed by atoms with Crippen LogP contribution in [0, 0.1) is 0 Å². The predicted octanol–water partition coefficient (Wildman–Crippen LogP) is 3.76. The highest BCUT2D eigenvalue weighted by molar-refractivity contribution is 8.77. The van der Waals surface area contributed by atoms with Crippen LogP contribution in [-0.4, -0.2) is 47.7 Å². The van der Waals surface area contributed by atoms with E-state index >= 15 is 0 Å². The van der Waals surface area contributed by atoms with Crippen molar-refractivity contribution in [3.63, 3.8) is 0 Å². The second-order valence-electron chi connectivity index (χ2n) is 5.88. The maximum Gasteiger partial charge on any atom is 0.338 e. The summed E-state index contributed by atoms with van der Waals surface area (Å²) in [5, 5.41) is 8.94. The van der Waals surface area contributed by atoms with E-state index < -0.39 is 0 Å². The third-order valence-electron chi connectivity index (χ3n) is 2.53. The quantitative estimate of drug-likeness (QED) is 0.380. The van der Waals surface area contributed by atoms with Crippen LogP contribution >= 0.6 is 21.6 Å². The van der Waals surface area contributed by atoms with E-state index in [0.717, 1.165) is 0 Å². The van der Waals surface area contributed by atoms with Crippen LogP contribution in [0.15, 0.2) is 24.3 Å². The minimum Gasteiger partial charge on any atom is -0.490 e. The molecule has 1 aromatic carbocycles. The largest absolute Gasteiger partial charge is 0.490 e. The second kappa shape index (κ2) is 10.9. The minimum atomic E-state index is -0.367. The average Bonchev–Trinajstić information content (AvgIpc) is 2.53. The molecule has 5 nitrogen and oxygen atoms in total. The monoisotopic (exact) mass is 374 g/mol. The zero-order valence-corrected chi connectivity index (χ0v) is 16.2. The summed E-state index contributed by atoms with van der Waals surface area (Å²) >= 11 is 0. The van der Waals surface area contributed by atoms with Crippen LogP contribution < -0.4 is 4.74 Å². The fourth-order valence-electron chi connectivity index (χ4n) is 1.58. The molecule has 0 aliphatic heterocycles. The first-order valence-corrected chi connectivity index (χ1v) is 10.0. The fourth-order valence-corrected chi connectivity index (χ4v) is 3.77. The summed E-state index contributed by atoms with van der Waals surface area (Å²) in [5.74, 6) is 0.216. The lowest BCUT2D eigenvalue weighted by atomic mass is 10.2. The number of aliphatic hydroxyl groups excluding tert-OH is 1. The molecule has 0 aliphatic carbocycles. The van der Waals surface area contributed by atoms with E-state index in [-0.39, 0.29) is 29.4 Å². The minimum absolute atomic E-state index is 0.0322. The Morgan fingerprint density at radius 1 is 1.33 bits per heavy atom. The van der Waals surface area contributed by atoms with Gasteiger partial charge in [-0.15, -0.1) is 0 Å². The third kappa shape index (κ3) is 8.82. The highest BCUT2D eigenvalue weighted by Crippen LogP contribution is 2.38. The van der Waals surface area contributed by atoms with Gasteiger partial charge in [0.2, 0.25) is 0 Å². The van der Waals surface area contributed by atoms with Crippen molar-refractivity contribution in [2.75, 3.05) is 26.4 Å². The third-order valence-corrected chi connectivity index (χ3v) is 6.05. The number of carbonyl (C=O) groups is 1. The van der Waals surface area contributed by atoms with Crippen molar-refractivity contribution in [3.05, 3.63) is 29.8 Å². The molecule has 1 atom stereocenters. The van der Waals surface area contributed by atoms with Gasteiger partial charge in [0.15, 0.2) is 0 Å². The van der Waals surface area contributed by atoms with Crippen molar-refractivity contribution in [2.24, 2.45) is 0 Å². The summed E-state index contributed by atoms with van der Waals surface area (Å²) in [6.07, 6.45) is 0. The van der Waals surface area contributed by atoms with Crippen LogP contribution in [0.5, 0.6) is 5.75 Å². The molecule has 0 aliphatic rings. The smallest absolute Gasteiger partial charge is 0.338 e. The molecule has 0 saturated heterocycles. The Morgan fingerprint density at radius 2 is 2.08 bits per heavy atom. The molecule has 0 heterocycles. The highest BCUT2D eigenvalue weighted by Gasteiger charge is 2.18. The van der Waals surface area contributed by atoms with Crippen molar-refractivity contribution in [2.45, 2.75) is 37.9 Å². The van der Waals surface area contributed by atoms with Gasteiger partial charge in [0.25, 0.3) is 0 Å². The maximum atomic E-state index is 11.8. The molecule has 0 aromatic heterocycles. The van der Waals surface area contributed by atoms with Crippen LogP contribution in [0.25, 0.3) is 0 Å². The Balaban J connectivity index is 2.61. The number of aliphatic hydroxyl groups is 1. The number of carbonyl (C=O) groups excluding carboxylic acids is 1. The number of ether oxygens (including phenoxy) is 3. The molecular weight excluding hydrogens is 348 g/mol. The van der Waals surface area contributed by atoms with Gasteiger partial charge in [0, 0.05) is 4.75 Å². The lowest BCUT2D eigenvalue weighted by molar-refractivity contribution is 0.0507. The first-order valence-electron chi connectivity index (χ1n) is 7.82. The number of hydrogen-bond donors (Lipinski definition) is 1. The Kier molecular flexibility index (Phi) is 9.58. The standard InChI is InChI=1S/C17H26O5S2/c1-5-20-16(19)13-7-6-8-14(11-13)22-12-15(21-10-9-18)23-24-17(2,3)4/h6-8,11,15,18H,5,9-10,12H2,1-4H3. The fraction of sp³-hybridized carbons (Fsp3) is 0.588. The molecule has 0 fully saturated rings. The highest BCUT2D eigenvalue weighted by atomic mass is 33.1. The molecule has 136 valence electrons. The molecule has 1 unspecified atom stereocenters. The summed E-state index contributed by atoms with van der Waals surface area (Å²) in [6.45, 7) is 9.02. The van der Waals surface area contributed by atoms with E-state index in [4.69, 9.17) is 19.3 Å². The zero-order valence-electron chi connectivity index (χ0n) is 14.6. The number of hydrogen-bond acceptors (Lipinski definition) is 7. The first kappa shape index (κ1) is 21.2. The Bertz CT molecular complexity index is 502. The van der Waals surface area contributed by atoms with Crippen molar-refractivity contribution in [1.82, 2.24) is 0 Å². The van der Waals surface area contributed by atoms with Crippen LogP contribution in [0.1, 0.15) is 38.1 Å². The van der Waals surface area contributed by atoms with E-state index in [1.165, 1.54) is 0 Å². The molecule has 0 saturated carbocycles. The van der Waals surface area contributed by atoms with Crippen molar-refractivity contribution < 1.29 is 24.1 Å². The van der Waals surface area contributed by atoms with Gasteiger partial charge in [-0.1, -0.05) is 48.4 Å². The molecular formula is C17H26O5S2. The molecule has 1 rings (SSSR count). The van der Waals surface area contributed by atoms with Gasteiger partial charge in [0.1, 0.15) is 17.8 Å². The summed E-state index contributed by atoms with van der Waals surface area (Å²) < 4.78 is 16.4. The van der Waals surface area contributed by atoms with Gasteiger partial charge in [-0.05, 0) is 25.1 Å². The number of rotatable bonds is 10. The molecule has 0 amide bonds. The Morgan fingerprint density at radius 3 is 2.71 bits per heavy atom. The van der Waals surface area contributed by atoms with Crippen LogP contribution in [0.4, 0.5) is 0 Å². The van der Waals surface area contributed by atoms with E-state index in [0.29, 0.717) is 24.5 Å². The molecule has 0 spiro atoms.